The summed E-state index contributed by atoms with van der Waals surface area (Å²) in [4.78, 5) is 10.2. The zero-order valence-electron chi connectivity index (χ0n) is 7.87. The zero-order valence-corrected chi connectivity index (χ0v) is 8.68. The Morgan fingerprint density at radius 3 is 2.40 bits per heavy atom. The Hall–Kier alpha value is -1.88. The van der Waals surface area contributed by atoms with Gasteiger partial charge in [0.05, 0.1) is 0 Å². The molecule has 15 heavy (non-hydrogen) atoms. The van der Waals surface area contributed by atoms with Gasteiger partial charge in [0.2, 0.25) is 0 Å². The number of primary amides is 1. The van der Waals surface area contributed by atoms with Gasteiger partial charge in [-0.05, 0) is 29.7 Å². The van der Waals surface area contributed by atoms with Crippen LogP contribution < -0.4 is 10.5 Å². The summed E-state index contributed by atoms with van der Waals surface area (Å²) in [5.74, 6) is 0.468. The number of amides is 1. The van der Waals surface area contributed by atoms with Crippen molar-refractivity contribution in [1.82, 2.24) is 4.37 Å². The minimum Gasteiger partial charge on any atom is -0.411 e. The summed E-state index contributed by atoms with van der Waals surface area (Å²) < 4.78 is 8.32. The summed E-state index contributed by atoms with van der Waals surface area (Å²) >= 11 is 1.46. The second kappa shape index (κ2) is 6.56. The number of hydrogen-bond donors (Lipinski definition) is 1. The monoisotopic (exact) mass is 222 g/mol. The minimum atomic E-state index is -0.786. The SMILES string of the molecule is NC(=O)Oc1ccccc1.c1cnsc1. The van der Waals surface area contributed by atoms with E-state index in [0.29, 0.717) is 5.75 Å². The van der Waals surface area contributed by atoms with Crippen LogP contribution in [0, 0.1) is 0 Å². The van der Waals surface area contributed by atoms with E-state index in [1.165, 1.54) is 11.5 Å². The maximum atomic E-state index is 10.2. The Kier molecular flexibility index (Phi) is 4.89. The molecule has 0 fully saturated rings. The highest BCUT2D eigenvalue weighted by Gasteiger charge is 1.93. The van der Waals surface area contributed by atoms with Crippen molar-refractivity contribution in [3.05, 3.63) is 48.0 Å². The van der Waals surface area contributed by atoms with Crippen molar-refractivity contribution in [1.29, 1.82) is 0 Å². The van der Waals surface area contributed by atoms with Gasteiger partial charge in [-0.3, -0.25) is 0 Å². The molecule has 2 aromatic rings. The molecule has 4 nitrogen and oxygen atoms in total. The fourth-order valence-corrected chi connectivity index (χ4v) is 1.13. The molecule has 0 unspecified atom stereocenters. The van der Waals surface area contributed by atoms with Gasteiger partial charge in [0.1, 0.15) is 5.75 Å². The largest absolute Gasteiger partial charge is 0.411 e. The molecule has 0 atom stereocenters. The summed E-state index contributed by atoms with van der Waals surface area (Å²) in [7, 11) is 0. The third kappa shape index (κ3) is 5.43. The maximum absolute atomic E-state index is 10.2. The lowest BCUT2D eigenvalue weighted by Crippen LogP contribution is -2.15. The Morgan fingerprint density at radius 1 is 1.27 bits per heavy atom. The number of rotatable bonds is 1. The topological polar surface area (TPSA) is 65.2 Å². The molecule has 0 radical (unpaired) electrons. The highest BCUT2D eigenvalue weighted by molar-refractivity contribution is 7.03. The number of carbonyl (C=O) groups is 1. The molecule has 0 spiro atoms. The molecule has 1 aromatic heterocycles. The number of benzene rings is 1. The lowest BCUT2D eigenvalue weighted by atomic mass is 10.3. The first-order valence-electron chi connectivity index (χ1n) is 4.15. The highest BCUT2D eigenvalue weighted by Crippen LogP contribution is 2.07. The van der Waals surface area contributed by atoms with Gasteiger partial charge in [-0.2, -0.15) is 0 Å². The highest BCUT2D eigenvalue weighted by atomic mass is 32.1. The second-order valence-electron chi connectivity index (χ2n) is 2.42. The summed E-state index contributed by atoms with van der Waals surface area (Å²) in [6.07, 6.45) is 0.983. The molecular formula is C10H10N2O2S. The third-order valence-electron chi connectivity index (χ3n) is 1.31. The smallest absolute Gasteiger partial charge is 0.409 e. The summed E-state index contributed by atoms with van der Waals surface area (Å²) in [6, 6.07) is 10.6. The van der Waals surface area contributed by atoms with Gasteiger partial charge in [-0.25, -0.2) is 9.17 Å². The summed E-state index contributed by atoms with van der Waals surface area (Å²) in [6.45, 7) is 0. The number of ether oxygens (including phenoxy) is 1. The van der Waals surface area contributed by atoms with Crippen LogP contribution in [0.4, 0.5) is 4.79 Å². The molecule has 0 saturated carbocycles. The van der Waals surface area contributed by atoms with Gasteiger partial charge in [0.15, 0.2) is 0 Å². The van der Waals surface area contributed by atoms with Crippen molar-refractivity contribution in [2.75, 3.05) is 0 Å². The molecule has 78 valence electrons. The molecule has 0 aliphatic rings. The fraction of sp³-hybridized carbons (Fsp3) is 0. The summed E-state index contributed by atoms with van der Waals surface area (Å²) in [5.41, 5.74) is 4.76. The van der Waals surface area contributed by atoms with Crippen LogP contribution in [0.2, 0.25) is 0 Å². The number of hydrogen-bond acceptors (Lipinski definition) is 4. The third-order valence-corrected chi connectivity index (χ3v) is 1.83. The first kappa shape index (κ1) is 11.2. The Balaban J connectivity index is 0.000000187. The summed E-state index contributed by atoms with van der Waals surface area (Å²) in [5, 5.41) is 1.93. The standard InChI is InChI=1S/C7H7NO2.C3H3NS/c8-7(9)10-6-4-2-1-3-5-6;1-2-4-5-3-1/h1-5H,(H2,8,9);1-3H. The molecular weight excluding hydrogens is 212 g/mol. The van der Waals surface area contributed by atoms with Crippen LogP contribution in [0.3, 0.4) is 0 Å². The molecule has 0 bridgehead atoms. The Labute approximate surface area is 91.5 Å². The van der Waals surface area contributed by atoms with E-state index in [-0.39, 0.29) is 0 Å². The fourth-order valence-electron chi connectivity index (χ4n) is 0.780. The van der Waals surface area contributed by atoms with Gasteiger partial charge >= 0.3 is 6.09 Å². The van der Waals surface area contributed by atoms with Crippen LogP contribution in [0.1, 0.15) is 0 Å². The molecule has 5 heteroatoms. The second-order valence-corrected chi connectivity index (χ2v) is 3.12. The van der Waals surface area contributed by atoms with Crippen LogP contribution in [-0.2, 0) is 0 Å². The number of nitrogens with two attached hydrogens (primary N) is 1. The normalized spacial score (nSPS) is 8.53. The lowest BCUT2D eigenvalue weighted by molar-refractivity contribution is 0.211. The van der Waals surface area contributed by atoms with Crippen molar-refractivity contribution in [2.45, 2.75) is 0 Å². The van der Waals surface area contributed by atoms with Gasteiger partial charge in [-0.15, -0.1) is 0 Å². The van der Waals surface area contributed by atoms with Gasteiger partial charge in [0, 0.05) is 11.6 Å². The first-order valence-corrected chi connectivity index (χ1v) is 4.99. The molecule has 2 rings (SSSR count). The minimum absolute atomic E-state index is 0.468. The molecule has 2 N–H and O–H groups in total. The van der Waals surface area contributed by atoms with Gasteiger partial charge in [0.25, 0.3) is 0 Å². The molecule has 1 aromatic carbocycles. The lowest BCUT2D eigenvalue weighted by Gasteiger charge is -1.96. The van der Waals surface area contributed by atoms with Gasteiger partial charge < -0.3 is 10.5 Å². The number of carbonyl (C=O) groups excluding carboxylic acids is 1. The van der Waals surface area contributed by atoms with Gasteiger partial charge in [-0.1, -0.05) is 18.2 Å². The van der Waals surface area contributed by atoms with Crippen LogP contribution in [0.5, 0.6) is 5.75 Å². The molecule has 0 aliphatic heterocycles. The predicted molar refractivity (Wildman–Crippen MR) is 58.8 cm³/mol. The van der Waals surface area contributed by atoms with E-state index in [9.17, 15) is 4.79 Å². The first-order chi connectivity index (χ1) is 7.29. The average Bonchev–Trinajstić information content (AvgIpc) is 2.76. The van der Waals surface area contributed by atoms with Crippen molar-refractivity contribution in [2.24, 2.45) is 5.73 Å². The van der Waals surface area contributed by atoms with Crippen LogP contribution >= 0.6 is 11.5 Å². The van der Waals surface area contributed by atoms with E-state index in [0.717, 1.165) is 0 Å². The number of nitrogens with zero attached hydrogens (tertiary/aromatic N) is 1. The van der Waals surface area contributed by atoms with E-state index in [1.807, 2.05) is 17.5 Å². The molecule has 1 amide bonds. The van der Waals surface area contributed by atoms with E-state index in [2.05, 4.69) is 9.11 Å². The Bertz CT molecular complexity index is 358. The van der Waals surface area contributed by atoms with Crippen LogP contribution in [-0.4, -0.2) is 10.5 Å². The van der Waals surface area contributed by atoms with Crippen molar-refractivity contribution in [3.8, 4) is 5.75 Å². The number of aromatic nitrogens is 1. The zero-order chi connectivity index (χ0) is 10.9. The molecule has 0 saturated heterocycles. The quantitative estimate of drug-likeness (QED) is 0.805. The predicted octanol–water partition coefficient (Wildman–Crippen LogP) is 2.29. The van der Waals surface area contributed by atoms with E-state index < -0.39 is 6.09 Å². The van der Waals surface area contributed by atoms with Crippen molar-refractivity contribution < 1.29 is 9.53 Å². The van der Waals surface area contributed by atoms with Crippen LogP contribution in [0.15, 0.2) is 48.0 Å². The number of para-hydroxylation sites is 1. The van der Waals surface area contributed by atoms with E-state index >= 15 is 0 Å². The average molecular weight is 222 g/mol. The van der Waals surface area contributed by atoms with Crippen molar-refractivity contribution >= 4 is 17.6 Å². The molecule has 1 heterocycles. The van der Waals surface area contributed by atoms with Crippen LogP contribution in [0.25, 0.3) is 0 Å². The van der Waals surface area contributed by atoms with Crippen molar-refractivity contribution in [3.63, 3.8) is 0 Å². The molecule has 0 aliphatic carbocycles. The van der Waals surface area contributed by atoms with E-state index in [1.54, 1.807) is 30.5 Å². The van der Waals surface area contributed by atoms with E-state index in [4.69, 9.17) is 5.73 Å². The maximum Gasteiger partial charge on any atom is 0.409 e. The Morgan fingerprint density at radius 2 is 2.00 bits per heavy atom.